The minimum Gasteiger partial charge on any atom is -0.443 e. The van der Waals surface area contributed by atoms with Gasteiger partial charge in [0.1, 0.15) is 17.7 Å². The first-order chi connectivity index (χ1) is 13.5. The molecule has 29 heavy (non-hydrogen) atoms. The van der Waals surface area contributed by atoms with Gasteiger partial charge in [-0.2, -0.15) is 13.1 Å². The molecule has 0 aliphatic heterocycles. The number of nitrogens with one attached hydrogen (secondary N) is 3. The van der Waals surface area contributed by atoms with Gasteiger partial charge in [0.25, 0.3) is 0 Å². The Kier molecular flexibility index (Phi) is 7.37. The number of carbonyl (C=O) groups excluding carboxylic acids is 1. The van der Waals surface area contributed by atoms with Crippen LogP contribution in [0.3, 0.4) is 0 Å². The van der Waals surface area contributed by atoms with Crippen molar-refractivity contribution in [2.75, 3.05) is 18.4 Å². The smallest absolute Gasteiger partial charge is 0.422 e. The van der Waals surface area contributed by atoms with E-state index in [0.29, 0.717) is 19.4 Å². The van der Waals surface area contributed by atoms with E-state index in [1.165, 1.54) is 17.5 Å². The summed E-state index contributed by atoms with van der Waals surface area (Å²) >= 11 is 0. The third-order valence-corrected chi connectivity index (χ3v) is 5.08. The van der Waals surface area contributed by atoms with Gasteiger partial charge in [-0.1, -0.05) is 0 Å². The molecule has 2 aromatic rings. The van der Waals surface area contributed by atoms with Crippen LogP contribution in [-0.4, -0.2) is 43.2 Å². The molecule has 1 aromatic heterocycles. The average Bonchev–Trinajstić information content (AvgIpc) is 2.57. The van der Waals surface area contributed by atoms with Crippen molar-refractivity contribution in [2.24, 2.45) is 0 Å². The van der Waals surface area contributed by atoms with E-state index in [2.05, 4.69) is 26.1 Å². The highest BCUT2D eigenvalue weighted by Gasteiger charge is 2.20. The molecule has 1 amide bonds. The molecule has 1 aromatic carbocycles. The van der Waals surface area contributed by atoms with Crippen LogP contribution in [0.25, 0.3) is 10.9 Å². The zero-order chi connectivity index (χ0) is 21.7. The third-order valence-electron chi connectivity index (χ3n) is 4.06. The molecule has 2 rings (SSSR count). The maximum absolute atomic E-state index is 11.8. The second-order valence-electron chi connectivity index (χ2n) is 7.81. The predicted molar refractivity (Wildman–Crippen MR) is 113 cm³/mol. The number of anilines is 1. The Labute approximate surface area is 171 Å². The van der Waals surface area contributed by atoms with Crippen molar-refractivity contribution in [3.05, 3.63) is 29.6 Å². The lowest BCUT2D eigenvalue weighted by atomic mass is 10.1. The van der Waals surface area contributed by atoms with Crippen molar-refractivity contribution >= 4 is 33.0 Å². The fourth-order valence-electron chi connectivity index (χ4n) is 2.56. The molecule has 160 valence electrons. The lowest BCUT2D eigenvalue weighted by Crippen LogP contribution is -2.43. The number of aryl methyl sites for hydroxylation is 2. The normalized spacial score (nSPS) is 12.0. The lowest BCUT2D eigenvalue weighted by molar-refractivity contribution is 0.0569. The molecule has 1 heterocycles. The second kappa shape index (κ2) is 9.36. The molecule has 9 nitrogen and oxygen atoms in total. The zero-order valence-electron chi connectivity index (χ0n) is 17.5. The highest BCUT2D eigenvalue weighted by Crippen LogP contribution is 2.22. The first-order valence-corrected chi connectivity index (χ1v) is 10.9. The van der Waals surface area contributed by atoms with Gasteiger partial charge in [0.05, 0.1) is 5.52 Å². The Balaban J connectivity index is 1.77. The van der Waals surface area contributed by atoms with Crippen molar-refractivity contribution in [1.82, 2.24) is 19.4 Å². The molecule has 0 bridgehead atoms. The average molecular weight is 424 g/mol. The van der Waals surface area contributed by atoms with E-state index in [4.69, 9.17) is 4.74 Å². The molecule has 0 atom stereocenters. The van der Waals surface area contributed by atoms with Crippen molar-refractivity contribution in [3.63, 3.8) is 0 Å². The molecule has 0 saturated carbocycles. The lowest BCUT2D eigenvalue weighted by Gasteiger charge is -2.19. The summed E-state index contributed by atoms with van der Waals surface area (Å²) < 4.78 is 32.7. The second-order valence-corrected chi connectivity index (χ2v) is 9.31. The number of amides is 1. The fraction of sp³-hybridized carbons (Fsp3) is 0.526. The van der Waals surface area contributed by atoms with Gasteiger partial charge in [0.15, 0.2) is 0 Å². The molecule has 0 aliphatic rings. The summed E-state index contributed by atoms with van der Waals surface area (Å²) in [5.74, 6) is 0.755. The maximum Gasteiger partial charge on any atom is 0.422 e. The van der Waals surface area contributed by atoms with Crippen LogP contribution in [0.1, 0.15) is 44.7 Å². The largest absolute Gasteiger partial charge is 0.443 e. The number of hydrogen-bond acceptors (Lipinski definition) is 7. The van der Waals surface area contributed by atoms with Gasteiger partial charge >= 0.3 is 16.3 Å². The summed E-state index contributed by atoms with van der Waals surface area (Å²) in [7, 11) is -3.95. The number of rotatable bonds is 8. The standard InChI is InChI=1S/C19H29N5O4S/c1-13-10-15-16(11-14(13)2)21-12-22-17(15)20-8-6-7-9-23-29(26,27)24-18(25)28-19(3,4)5/h10-12,23H,6-9H2,1-5H3,(H,24,25)(H,20,21,22). The predicted octanol–water partition coefficient (Wildman–Crippen LogP) is 2.80. The fourth-order valence-corrected chi connectivity index (χ4v) is 3.31. The summed E-state index contributed by atoms with van der Waals surface area (Å²) in [5.41, 5.74) is 2.46. The van der Waals surface area contributed by atoms with E-state index >= 15 is 0 Å². The first kappa shape index (κ1) is 22.8. The Morgan fingerprint density at radius 2 is 1.72 bits per heavy atom. The van der Waals surface area contributed by atoms with Crippen molar-refractivity contribution < 1.29 is 17.9 Å². The van der Waals surface area contributed by atoms with Crippen LogP contribution in [0.15, 0.2) is 18.5 Å². The highest BCUT2D eigenvalue weighted by molar-refractivity contribution is 7.88. The minimum atomic E-state index is -3.95. The quantitative estimate of drug-likeness (QED) is 0.558. The number of nitrogens with zero attached hydrogens (tertiary/aromatic N) is 2. The SMILES string of the molecule is Cc1cc2ncnc(NCCCCNS(=O)(=O)NC(=O)OC(C)(C)C)c2cc1C. The van der Waals surface area contributed by atoms with Crippen LogP contribution in [0.2, 0.25) is 0 Å². The molecular formula is C19H29N5O4S. The van der Waals surface area contributed by atoms with Gasteiger partial charge in [-0.3, -0.25) is 0 Å². The van der Waals surface area contributed by atoms with Crippen LogP contribution >= 0.6 is 0 Å². The van der Waals surface area contributed by atoms with Gasteiger partial charge in [-0.25, -0.2) is 19.5 Å². The minimum absolute atomic E-state index is 0.197. The summed E-state index contributed by atoms with van der Waals surface area (Å²) in [5, 5.41) is 4.23. The van der Waals surface area contributed by atoms with Crippen LogP contribution in [-0.2, 0) is 14.9 Å². The van der Waals surface area contributed by atoms with Crippen molar-refractivity contribution in [2.45, 2.75) is 53.1 Å². The monoisotopic (exact) mass is 423 g/mol. The topological polar surface area (TPSA) is 122 Å². The van der Waals surface area contributed by atoms with Gasteiger partial charge in [0, 0.05) is 18.5 Å². The summed E-state index contributed by atoms with van der Waals surface area (Å²) in [6.45, 7) is 9.88. The Morgan fingerprint density at radius 3 is 2.41 bits per heavy atom. The molecule has 0 spiro atoms. The van der Waals surface area contributed by atoms with Gasteiger partial charge in [0.2, 0.25) is 0 Å². The molecule has 0 radical (unpaired) electrons. The number of unbranched alkanes of at least 4 members (excludes halogenated alkanes) is 1. The van der Waals surface area contributed by atoms with Gasteiger partial charge in [-0.15, -0.1) is 0 Å². The molecular weight excluding hydrogens is 394 g/mol. The molecule has 0 aliphatic carbocycles. The van der Waals surface area contributed by atoms with E-state index in [9.17, 15) is 13.2 Å². The number of carbonyl (C=O) groups is 1. The number of benzene rings is 1. The van der Waals surface area contributed by atoms with Gasteiger partial charge < -0.3 is 10.1 Å². The first-order valence-electron chi connectivity index (χ1n) is 9.43. The third kappa shape index (κ3) is 7.47. The van der Waals surface area contributed by atoms with E-state index in [0.717, 1.165) is 16.7 Å². The summed E-state index contributed by atoms with van der Waals surface area (Å²) in [4.78, 5) is 20.1. The number of hydrogen-bond donors (Lipinski definition) is 3. The van der Waals surface area contributed by atoms with E-state index in [-0.39, 0.29) is 6.54 Å². The Hall–Kier alpha value is -2.46. The number of fused-ring (bicyclic) bond motifs is 1. The van der Waals surface area contributed by atoms with Crippen LogP contribution in [0.5, 0.6) is 0 Å². The van der Waals surface area contributed by atoms with Crippen molar-refractivity contribution in [1.29, 1.82) is 0 Å². The van der Waals surface area contributed by atoms with E-state index in [1.54, 1.807) is 20.8 Å². The highest BCUT2D eigenvalue weighted by atomic mass is 32.2. The van der Waals surface area contributed by atoms with Gasteiger partial charge in [-0.05, 0) is 70.7 Å². The maximum atomic E-state index is 11.8. The summed E-state index contributed by atoms with van der Waals surface area (Å²) in [6.07, 6.45) is 1.82. The van der Waals surface area contributed by atoms with Crippen LogP contribution in [0, 0.1) is 13.8 Å². The molecule has 0 saturated heterocycles. The Bertz CT molecular complexity index is 970. The molecule has 3 N–H and O–H groups in total. The molecule has 10 heteroatoms. The zero-order valence-corrected chi connectivity index (χ0v) is 18.3. The molecule has 0 unspecified atom stereocenters. The number of ether oxygens (including phenoxy) is 1. The van der Waals surface area contributed by atoms with Crippen molar-refractivity contribution in [3.8, 4) is 0 Å². The Morgan fingerprint density at radius 1 is 1.07 bits per heavy atom. The summed E-state index contributed by atoms with van der Waals surface area (Å²) in [6, 6.07) is 4.09. The van der Waals surface area contributed by atoms with E-state index < -0.39 is 21.9 Å². The van der Waals surface area contributed by atoms with Crippen LogP contribution in [0.4, 0.5) is 10.6 Å². The molecule has 0 fully saturated rings. The van der Waals surface area contributed by atoms with Crippen LogP contribution < -0.4 is 14.8 Å². The van der Waals surface area contributed by atoms with E-state index in [1.807, 2.05) is 24.6 Å². The number of aromatic nitrogens is 2.